The first-order valence-electron chi connectivity index (χ1n) is 28.0. The van der Waals surface area contributed by atoms with Crippen molar-refractivity contribution in [2.75, 3.05) is 26.4 Å². The summed E-state index contributed by atoms with van der Waals surface area (Å²) in [5.41, 5.74) is 0. The SMILES string of the molecule is CC/C=C\C/C=C\C/C=C\C/C=C\C/C=C\CCCC(=O)OC(COCCCCCCCCCCCCCCCCCCCCCCCCCCCC)COC1OC(CO)C(O)C(OS(=O)(=O)O)C1O. The van der Waals surface area contributed by atoms with Gasteiger partial charge in [0.05, 0.1) is 19.8 Å². The van der Waals surface area contributed by atoms with Crippen LogP contribution in [0.5, 0.6) is 0 Å². The van der Waals surface area contributed by atoms with Crippen molar-refractivity contribution in [2.45, 2.75) is 269 Å². The van der Waals surface area contributed by atoms with Gasteiger partial charge in [0, 0.05) is 13.0 Å². The summed E-state index contributed by atoms with van der Waals surface area (Å²) in [5, 5.41) is 30.8. The summed E-state index contributed by atoms with van der Waals surface area (Å²) in [4.78, 5) is 12.9. The minimum Gasteiger partial charge on any atom is -0.457 e. The van der Waals surface area contributed by atoms with Gasteiger partial charge in [-0.15, -0.1) is 0 Å². The van der Waals surface area contributed by atoms with E-state index in [2.05, 4.69) is 72.7 Å². The molecule has 1 aliphatic heterocycles. The van der Waals surface area contributed by atoms with Gasteiger partial charge in [-0.25, -0.2) is 4.18 Å². The third-order valence-corrected chi connectivity index (χ3v) is 13.1. The molecule has 0 spiro atoms. The molecule has 0 bridgehead atoms. The summed E-state index contributed by atoms with van der Waals surface area (Å²) in [6.45, 7) is 3.84. The number of unbranched alkanes of at least 4 members (excludes halogenated alkanes) is 26. The average Bonchev–Trinajstić information content (AvgIpc) is 3.34. The van der Waals surface area contributed by atoms with Crippen LogP contribution in [0.15, 0.2) is 60.8 Å². The fourth-order valence-electron chi connectivity index (χ4n) is 8.48. The molecule has 70 heavy (non-hydrogen) atoms. The van der Waals surface area contributed by atoms with E-state index in [0.29, 0.717) is 19.4 Å². The van der Waals surface area contributed by atoms with Gasteiger partial charge in [0.2, 0.25) is 0 Å². The van der Waals surface area contributed by atoms with E-state index in [0.717, 1.165) is 51.4 Å². The molecule has 1 rings (SSSR count). The molecule has 1 aliphatic rings. The second-order valence-corrected chi connectivity index (χ2v) is 20.2. The predicted octanol–water partition coefficient (Wildman–Crippen LogP) is 13.6. The van der Waals surface area contributed by atoms with E-state index in [-0.39, 0.29) is 19.6 Å². The van der Waals surface area contributed by atoms with Gasteiger partial charge in [0.15, 0.2) is 6.29 Å². The highest BCUT2D eigenvalue weighted by Gasteiger charge is 2.48. The van der Waals surface area contributed by atoms with Crippen LogP contribution in [0.1, 0.15) is 232 Å². The van der Waals surface area contributed by atoms with Crippen LogP contribution in [0.25, 0.3) is 0 Å². The summed E-state index contributed by atoms with van der Waals surface area (Å²) >= 11 is 0. The van der Waals surface area contributed by atoms with Crippen LogP contribution in [0, 0.1) is 0 Å². The Balaban J connectivity index is 2.30. The predicted molar refractivity (Wildman–Crippen MR) is 285 cm³/mol. The van der Waals surface area contributed by atoms with Crippen LogP contribution in [-0.4, -0.2) is 97.5 Å². The van der Waals surface area contributed by atoms with Crippen molar-refractivity contribution in [3.8, 4) is 0 Å². The summed E-state index contributed by atoms with van der Waals surface area (Å²) in [6, 6.07) is 0. The minimum atomic E-state index is -5.08. The first-order valence-corrected chi connectivity index (χ1v) is 29.4. The summed E-state index contributed by atoms with van der Waals surface area (Å²) in [7, 11) is -5.08. The van der Waals surface area contributed by atoms with Crippen molar-refractivity contribution >= 4 is 16.4 Å². The zero-order valence-electron chi connectivity index (χ0n) is 44.1. The van der Waals surface area contributed by atoms with Crippen LogP contribution in [-0.2, 0) is 38.3 Å². The topological polar surface area (TPSA) is 178 Å². The van der Waals surface area contributed by atoms with Crippen LogP contribution in [0.4, 0.5) is 0 Å². The smallest absolute Gasteiger partial charge is 0.397 e. The molecule has 0 aromatic rings. The molecule has 6 atom stereocenters. The van der Waals surface area contributed by atoms with Gasteiger partial charge in [-0.2, -0.15) is 8.42 Å². The Morgan fingerprint density at radius 3 is 1.39 bits per heavy atom. The third kappa shape index (κ3) is 40.3. The maximum absolute atomic E-state index is 12.9. The molecule has 0 aliphatic carbocycles. The van der Waals surface area contributed by atoms with Crippen molar-refractivity contribution in [2.24, 2.45) is 0 Å². The average molecular weight is 1010 g/mol. The van der Waals surface area contributed by atoms with Crippen molar-refractivity contribution in [1.29, 1.82) is 0 Å². The van der Waals surface area contributed by atoms with Crippen molar-refractivity contribution in [3.63, 3.8) is 0 Å². The number of carbonyl (C=O) groups is 1. The number of carbonyl (C=O) groups excluding carboxylic acids is 1. The molecule has 0 aromatic carbocycles. The van der Waals surface area contributed by atoms with Gasteiger partial charge in [0.25, 0.3) is 0 Å². The molecule has 1 heterocycles. The Morgan fingerprint density at radius 1 is 0.557 bits per heavy atom. The van der Waals surface area contributed by atoms with Gasteiger partial charge < -0.3 is 34.3 Å². The Hall–Kier alpha value is -2.20. The number of esters is 1. The molecular formula is C57H102O12S. The van der Waals surface area contributed by atoms with E-state index in [4.69, 9.17) is 18.9 Å². The van der Waals surface area contributed by atoms with E-state index in [1.165, 1.54) is 148 Å². The molecule has 6 unspecified atom stereocenters. The number of allylic oxidation sites excluding steroid dienone is 10. The standard InChI is InChI=1S/C57H102O12S/c1-3-5-7-9-11-13-15-17-19-21-22-23-24-25-26-27-28-29-31-33-35-37-39-41-43-45-47-65-49-51(50-66-57-55(61)56(69-70(62,63)64)54(60)52(48-58)68-57)67-53(59)46-44-42-40-38-36-34-32-30-20-18-16-14-12-10-8-6-4-2/h6,8,12,14,18,20,32,34,38,40,51-52,54-58,60-61H,3-5,7,9-11,13,15-17,19,21-31,33,35-37,39,41-50H2,1-2H3,(H,62,63,64)/b8-6-,14-12-,20-18-,34-32-,40-38-. The molecule has 13 heteroatoms. The lowest BCUT2D eigenvalue weighted by atomic mass is 9.99. The van der Waals surface area contributed by atoms with Gasteiger partial charge in [-0.3, -0.25) is 9.35 Å². The normalized spacial score (nSPS) is 19.5. The van der Waals surface area contributed by atoms with Crippen LogP contribution >= 0.6 is 0 Å². The number of ether oxygens (including phenoxy) is 4. The third-order valence-electron chi connectivity index (χ3n) is 12.7. The second kappa shape index (κ2) is 47.8. The molecule has 0 amide bonds. The van der Waals surface area contributed by atoms with Crippen molar-refractivity contribution in [1.82, 2.24) is 0 Å². The first kappa shape index (κ1) is 65.8. The molecule has 1 saturated heterocycles. The van der Waals surface area contributed by atoms with E-state index in [1.54, 1.807) is 0 Å². The van der Waals surface area contributed by atoms with Crippen molar-refractivity contribution < 1.29 is 56.2 Å². The zero-order valence-corrected chi connectivity index (χ0v) is 44.9. The lowest BCUT2D eigenvalue weighted by Crippen LogP contribution is -2.60. The number of rotatable bonds is 49. The molecule has 408 valence electrons. The summed E-state index contributed by atoms with van der Waals surface area (Å²) < 4.78 is 59.3. The summed E-state index contributed by atoms with van der Waals surface area (Å²) in [5.74, 6) is -0.453. The Kier molecular flexibility index (Phi) is 44.9. The fraction of sp³-hybridized carbons (Fsp3) is 0.807. The van der Waals surface area contributed by atoms with Gasteiger partial charge in [-0.1, -0.05) is 235 Å². The van der Waals surface area contributed by atoms with E-state index in [9.17, 15) is 33.1 Å². The lowest BCUT2D eigenvalue weighted by Gasteiger charge is -2.41. The number of aliphatic hydroxyl groups is 3. The number of aliphatic hydroxyl groups excluding tert-OH is 3. The van der Waals surface area contributed by atoms with Gasteiger partial charge in [0.1, 0.15) is 30.5 Å². The Morgan fingerprint density at radius 2 is 0.971 bits per heavy atom. The largest absolute Gasteiger partial charge is 0.457 e. The molecule has 12 nitrogen and oxygen atoms in total. The second-order valence-electron chi connectivity index (χ2n) is 19.2. The van der Waals surface area contributed by atoms with Crippen LogP contribution < -0.4 is 0 Å². The Labute approximate surface area is 427 Å². The van der Waals surface area contributed by atoms with Crippen molar-refractivity contribution in [3.05, 3.63) is 60.8 Å². The molecule has 0 radical (unpaired) electrons. The number of hydrogen-bond donors (Lipinski definition) is 4. The molecule has 1 fully saturated rings. The van der Waals surface area contributed by atoms with E-state index < -0.39 is 59.8 Å². The summed E-state index contributed by atoms with van der Waals surface area (Å²) in [6.07, 6.45) is 52.8. The van der Waals surface area contributed by atoms with Crippen LogP contribution in [0.2, 0.25) is 0 Å². The van der Waals surface area contributed by atoms with E-state index in [1.807, 2.05) is 6.08 Å². The minimum absolute atomic E-state index is 0.0137. The quantitative estimate of drug-likeness (QED) is 0.0196. The fourth-order valence-corrected chi connectivity index (χ4v) is 8.98. The van der Waals surface area contributed by atoms with Crippen LogP contribution in [0.3, 0.4) is 0 Å². The van der Waals surface area contributed by atoms with Gasteiger partial charge >= 0.3 is 16.4 Å². The first-order chi connectivity index (χ1) is 34.1. The molecular weight excluding hydrogens is 909 g/mol. The molecule has 4 N–H and O–H groups in total. The van der Waals surface area contributed by atoms with Gasteiger partial charge in [-0.05, 0) is 51.4 Å². The lowest BCUT2D eigenvalue weighted by molar-refractivity contribution is -0.301. The highest BCUT2D eigenvalue weighted by atomic mass is 32.3. The monoisotopic (exact) mass is 1010 g/mol. The zero-order chi connectivity index (χ0) is 51.0. The number of hydrogen-bond acceptors (Lipinski definition) is 11. The maximum Gasteiger partial charge on any atom is 0.397 e. The molecule has 0 saturated carbocycles. The maximum atomic E-state index is 12.9. The van der Waals surface area contributed by atoms with E-state index >= 15 is 0 Å². The molecule has 0 aromatic heterocycles. The Bertz CT molecular complexity index is 1450. The highest BCUT2D eigenvalue weighted by Crippen LogP contribution is 2.26. The highest BCUT2D eigenvalue weighted by molar-refractivity contribution is 7.80.